The number of carbonyl (C=O) groups is 1. The fraction of sp³-hybridized carbons (Fsp3) is 0.130. The molecular formula is C23H17Br2F3N2O2. The second-order valence-electron chi connectivity index (χ2n) is 6.87. The number of alkyl halides is 3. The van der Waals surface area contributed by atoms with Crippen LogP contribution in [0, 0.1) is 6.92 Å². The summed E-state index contributed by atoms with van der Waals surface area (Å²) < 4.78 is 45.6. The summed E-state index contributed by atoms with van der Waals surface area (Å²) in [5, 5.41) is 3.84. The lowest BCUT2D eigenvalue weighted by Crippen LogP contribution is -2.18. The molecule has 1 N–H and O–H groups in total. The maximum atomic E-state index is 12.8. The van der Waals surface area contributed by atoms with Gasteiger partial charge in [-0.1, -0.05) is 35.9 Å². The normalized spacial score (nSPS) is 11.6. The molecule has 166 valence electrons. The topological polar surface area (TPSA) is 50.7 Å². The lowest BCUT2D eigenvalue weighted by atomic mass is 10.1. The summed E-state index contributed by atoms with van der Waals surface area (Å²) in [7, 11) is 0. The number of hydrogen-bond acceptors (Lipinski definition) is 3. The van der Waals surface area contributed by atoms with E-state index >= 15 is 0 Å². The van der Waals surface area contributed by atoms with Gasteiger partial charge in [0, 0.05) is 5.56 Å². The third-order valence-electron chi connectivity index (χ3n) is 4.36. The van der Waals surface area contributed by atoms with Gasteiger partial charge in [0.25, 0.3) is 5.91 Å². The molecule has 9 heteroatoms. The number of carbonyl (C=O) groups excluding carboxylic acids is 1. The Bertz CT molecular complexity index is 1120. The molecule has 0 radical (unpaired) electrons. The van der Waals surface area contributed by atoms with Crippen molar-refractivity contribution < 1.29 is 22.7 Å². The third-order valence-corrected chi connectivity index (χ3v) is 5.53. The molecule has 0 aliphatic rings. The second kappa shape index (κ2) is 10.3. The largest absolute Gasteiger partial charge is 0.487 e. The lowest BCUT2D eigenvalue weighted by Gasteiger charge is -2.11. The number of hydrazone groups is 1. The first-order valence-corrected chi connectivity index (χ1v) is 10.9. The molecule has 0 saturated heterocycles. The van der Waals surface area contributed by atoms with Gasteiger partial charge in [-0.2, -0.15) is 18.3 Å². The van der Waals surface area contributed by atoms with Crippen molar-refractivity contribution in [3.63, 3.8) is 0 Å². The van der Waals surface area contributed by atoms with E-state index in [-0.39, 0.29) is 5.56 Å². The fourth-order valence-corrected chi connectivity index (χ4v) is 4.15. The van der Waals surface area contributed by atoms with Crippen LogP contribution in [0.4, 0.5) is 13.2 Å². The molecule has 0 saturated carbocycles. The summed E-state index contributed by atoms with van der Waals surface area (Å²) in [6.07, 6.45) is -3.15. The summed E-state index contributed by atoms with van der Waals surface area (Å²) in [6, 6.07) is 15.6. The zero-order chi connectivity index (χ0) is 23.3. The summed E-state index contributed by atoms with van der Waals surface area (Å²) in [6.45, 7) is 2.40. The van der Waals surface area contributed by atoms with Gasteiger partial charge in [-0.25, -0.2) is 5.43 Å². The van der Waals surface area contributed by atoms with Crippen molar-refractivity contribution in [3.8, 4) is 5.75 Å². The Morgan fingerprint density at radius 2 is 1.72 bits per heavy atom. The Kier molecular flexibility index (Phi) is 7.73. The summed E-state index contributed by atoms with van der Waals surface area (Å²) >= 11 is 6.91. The standard InChI is InChI=1S/C23H17Br2F3N2O2/c1-14-5-7-15(8-6-14)13-32-21-19(24)9-16(10-20(21)25)12-29-30-22(31)17-3-2-4-18(11-17)23(26,27)28/h2-12H,13H2,1H3,(H,30,31)/b29-12-. The van der Waals surface area contributed by atoms with Gasteiger partial charge in [-0.05, 0) is 80.2 Å². The number of aryl methyl sites for hydroxylation is 1. The molecule has 32 heavy (non-hydrogen) atoms. The fourth-order valence-electron chi connectivity index (χ4n) is 2.70. The Morgan fingerprint density at radius 1 is 1.06 bits per heavy atom. The van der Waals surface area contributed by atoms with E-state index in [1.807, 2.05) is 31.2 Å². The van der Waals surface area contributed by atoms with Crippen LogP contribution < -0.4 is 10.2 Å². The van der Waals surface area contributed by atoms with Crippen LogP contribution in [-0.2, 0) is 12.8 Å². The Morgan fingerprint density at radius 3 is 2.34 bits per heavy atom. The van der Waals surface area contributed by atoms with Crippen LogP contribution in [0.3, 0.4) is 0 Å². The Balaban J connectivity index is 1.65. The first kappa shape index (κ1) is 24.0. The van der Waals surface area contributed by atoms with Crippen LogP contribution >= 0.6 is 31.9 Å². The van der Waals surface area contributed by atoms with Crippen molar-refractivity contribution in [2.45, 2.75) is 19.7 Å². The first-order valence-electron chi connectivity index (χ1n) is 9.31. The number of amides is 1. The molecule has 0 atom stereocenters. The molecule has 0 fully saturated rings. The molecule has 0 aliphatic heterocycles. The number of nitrogens with zero attached hydrogens (tertiary/aromatic N) is 1. The van der Waals surface area contributed by atoms with E-state index in [4.69, 9.17) is 4.74 Å². The quantitative estimate of drug-likeness (QED) is 0.260. The number of hydrogen-bond donors (Lipinski definition) is 1. The minimum absolute atomic E-state index is 0.140. The van der Waals surface area contributed by atoms with Crippen molar-refractivity contribution in [1.29, 1.82) is 0 Å². The third kappa shape index (κ3) is 6.43. The molecule has 0 bridgehead atoms. The van der Waals surface area contributed by atoms with E-state index < -0.39 is 17.6 Å². The van der Waals surface area contributed by atoms with E-state index in [1.54, 1.807) is 12.1 Å². The minimum atomic E-state index is -4.53. The Hall–Kier alpha value is -2.65. The van der Waals surface area contributed by atoms with Crippen molar-refractivity contribution in [2.24, 2.45) is 5.10 Å². The van der Waals surface area contributed by atoms with Crippen LogP contribution in [0.25, 0.3) is 0 Å². The monoisotopic (exact) mass is 568 g/mol. The highest BCUT2D eigenvalue weighted by Gasteiger charge is 2.30. The number of benzene rings is 3. The Labute approximate surface area is 199 Å². The first-order chi connectivity index (χ1) is 15.1. The van der Waals surface area contributed by atoms with Crippen molar-refractivity contribution in [1.82, 2.24) is 5.43 Å². The average Bonchev–Trinajstić information content (AvgIpc) is 2.74. The van der Waals surface area contributed by atoms with Gasteiger partial charge in [-0.3, -0.25) is 4.79 Å². The summed E-state index contributed by atoms with van der Waals surface area (Å²) in [5.41, 5.74) is 4.02. The zero-order valence-corrected chi connectivity index (χ0v) is 19.9. The van der Waals surface area contributed by atoms with Gasteiger partial charge in [0.15, 0.2) is 0 Å². The molecule has 0 unspecified atom stereocenters. The van der Waals surface area contributed by atoms with Crippen LogP contribution in [0.15, 0.2) is 74.7 Å². The predicted molar refractivity (Wildman–Crippen MR) is 124 cm³/mol. The van der Waals surface area contributed by atoms with E-state index in [0.717, 1.165) is 17.7 Å². The number of rotatable bonds is 6. The zero-order valence-electron chi connectivity index (χ0n) is 16.7. The molecule has 3 aromatic carbocycles. The molecule has 3 aromatic rings. The van der Waals surface area contributed by atoms with Crippen LogP contribution in [0.2, 0.25) is 0 Å². The van der Waals surface area contributed by atoms with Gasteiger partial charge in [0.05, 0.1) is 20.7 Å². The number of nitrogens with one attached hydrogen (secondary N) is 1. The summed E-state index contributed by atoms with van der Waals surface area (Å²) in [4.78, 5) is 12.1. The van der Waals surface area contributed by atoms with Crippen LogP contribution in [0.1, 0.15) is 32.6 Å². The van der Waals surface area contributed by atoms with Gasteiger partial charge in [-0.15, -0.1) is 0 Å². The molecule has 0 aromatic heterocycles. The smallest absolute Gasteiger partial charge is 0.416 e. The second-order valence-corrected chi connectivity index (χ2v) is 8.57. The molecule has 0 heterocycles. The van der Waals surface area contributed by atoms with E-state index in [1.165, 1.54) is 23.9 Å². The van der Waals surface area contributed by atoms with E-state index in [0.29, 0.717) is 26.9 Å². The lowest BCUT2D eigenvalue weighted by molar-refractivity contribution is -0.137. The van der Waals surface area contributed by atoms with E-state index in [9.17, 15) is 18.0 Å². The number of halogens is 5. The minimum Gasteiger partial charge on any atom is -0.487 e. The molecule has 0 aliphatic carbocycles. The maximum Gasteiger partial charge on any atom is 0.416 e. The SMILES string of the molecule is Cc1ccc(COc2c(Br)cc(/C=N\NC(=O)c3cccc(C(F)(F)F)c3)cc2Br)cc1. The van der Waals surface area contributed by atoms with Gasteiger partial charge >= 0.3 is 6.18 Å². The molecule has 3 rings (SSSR count). The molecular weight excluding hydrogens is 553 g/mol. The van der Waals surface area contributed by atoms with E-state index in [2.05, 4.69) is 42.4 Å². The van der Waals surface area contributed by atoms with Gasteiger partial charge in [0.1, 0.15) is 12.4 Å². The van der Waals surface area contributed by atoms with Gasteiger partial charge in [0.2, 0.25) is 0 Å². The molecule has 0 spiro atoms. The molecule has 4 nitrogen and oxygen atoms in total. The average molecular weight is 570 g/mol. The highest BCUT2D eigenvalue weighted by molar-refractivity contribution is 9.11. The highest BCUT2D eigenvalue weighted by Crippen LogP contribution is 2.35. The van der Waals surface area contributed by atoms with Crippen LogP contribution in [-0.4, -0.2) is 12.1 Å². The van der Waals surface area contributed by atoms with Crippen LogP contribution in [0.5, 0.6) is 5.75 Å². The van der Waals surface area contributed by atoms with Crippen molar-refractivity contribution >= 4 is 44.0 Å². The predicted octanol–water partition coefficient (Wildman–Crippen LogP) is 6.88. The molecule has 1 amide bonds. The van der Waals surface area contributed by atoms with Crippen molar-refractivity contribution in [2.75, 3.05) is 0 Å². The number of ether oxygens (including phenoxy) is 1. The highest BCUT2D eigenvalue weighted by atomic mass is 79.9. The van der Waals surface area contributed by atoms with Crippen molar-refractivity contribution in [3.05, 3.63) is 97.4 Å². The summed E-state index contributed by atoms with van der Waals surface area (Å²) in [5.74, 6) is -0.140. The maximum absolute atomic E-state index is 12.8. The van der Waals surface area contributed by atoms with Gasteiger partial charge < -0.3 is 4.74 Å².